The van der Waals surface area contributed by atoms with Crippen LogP contribution in [0.15, 0.2) is 24.3 Å². The second kappa shape index (κ2) is 10.8. The number of amides is 3. The Morgan fingerprint density at radius 2 is 1.77 bits per heavy atom. The van der Waals surface area contributed by atoms with Crippen molar-refractivity contribution in [3.05, 3.63) is 24.3 Å². The summed E-state index contributed by atoms with van der Waals surface area (Å²) in [6.45, 7) is -0.182. The molecule has 3 rings (SSSR count). The third-order valence-electron chi connectivity index (χ3n) is 5.37. The summed E-state index contributed by atoms with van der Waals surface area (Å²) in [6, 6.07) is 6.43. The van der Waals surface area contributed by atoms with Gasteiger partial charge in [-0.2, -0.15) is 13.2 Å². The molecule has 2 fully saturated rings. The lowest BCUT2D eigenvalue weighted by molar-refractivity contribution is -0.173. The van der Waals surface area contributed by atoms with E-state index in [9.17, 15) is 31.9 Å². The fourth-order valence-electron chi connectivity index (χ4n) is 3.71. The topological polar surface area (TPSA) is 94.2 Å². The van der Waals surface area contributed by atoms with Crippen molar-refractivity contribution < 1.29 is 36.7 Å². The first kappa shape index (κ1) is 27.4. The molecular formula is C19H20Cl3F4N5O4. The molecule has 0 aliphatic carbocycles. The lowest BCUT2D eigenvalue weighted by Gasteiger charge is -2.44. The molecule has 2 aliphatic rings. The average molecular weight is 565 g/mol. The van der Waals surface area contributed by atoms with Crippen molar-refractivity contribution in [1.29, 1.82) is 0 Å². The maximum absolute atomic E-state index is 14.9. The van der Waals surface area contributed by atoms with Crippen molar-refractivity contribution in [2.75, 3.05) is 42.5 Å². The summed E-state index contributed by atoms with van der Waals surface area (Å²) in [6.07, 6.45) is -9.18. The van der Waals surface area contributed by atoms with Gasteiger partial charge in [0.1, 0.15) is 12.3 Å². The molecular weight excluding hydrogens is 545 g/mol. The average Bonchev–Trinajstić information content (AvgIpc) is 3.15. The van der Waals surface area contributed by atoms with Crippen LogP contribution in [0.3, 0.4) is 0 Å². The molecule has 3 atom stereocenters. The van der Waals surface area contributed by atoms with Crippen molar-refractivity contribution in [2.45, 2.75) is 28.5 Å². The van der Waals surface area contributed by atoms with Crippen LogP contribution in [0.1, 0.15) is 0 Å². The van der Waals surface area contributed by atoms with Gasteiger partial charge >= 0.3 is 18.2 Å². The number of carbonyl (C=O) groups is 3. The zero-order valence-electron chi connectivity index (χ0n) is 17.8. The Morgan fingerprint density at radius 1 is 1.14 bits per heavy atom. The second-order valence-electron chi connectivity index (χ2n) is 7.69. The van der Waals surface area contributed by atoms with Gasteiger partial charge in [-0.25, -0.2) is 14.1 Å². The summed E-state index contributed by atoms with van der Waals surface area (Å²) < 4.78 is 54.9. The van der Waals surface area contributed by atoms with Crippen LogP contribution in [0, 0.1) is 0 Å². The number of alkyl halides is 7. The number of hydrogen-bond acceptors (Lipinski definition) is 6. The minimum atomic E-state index is -5.03. The molecule has 2 heterocycles. The highest BCUT2D eigenvalue weighted by atomic mass is 35.6. The van der Waals surface area contributed by atoms with E-state index in [1.165, 1.54) is 9.80 Å². The van der Waals surface area contributed by atoms with Crippen LogP contribution in [-0.4, -0.2) is 84.6 Å². The lowest BCUT2D eigenvalue weighted by atomic mass is 10.2. The number of nitrogens with one attached hydrogen (secondary N) is 2. The molecule has 1 aromatic rings. The maximum atomic E-state index is 14.9. The first-order valence-electron chi connectivity index (χ1n) is 10.2. The van der Waals surface area contributed by atoms with E-state index >= 15 is 0 Å². The Labute approximate surface area is 212 Å². The first-order chi connectivity index (χ1) is 16.3. The van der Waals surface area contributed by atoms with Gasteiger partial charge in [0.15, 0.2) is 6.30 Å². The van der Waals surface area contributed by atoms with E-state index in [1.807, 2.05) is 0 Å². The number of cyclic esters (lactones) is 1. The summed E-state index contributed by atoms with van der Waals surface area (Å²) in [5, 5.41) is 3.99. The van der Waals surface area contributed by atoms with Crippen molar-refractivity contribution in [1.82, 2.24) is 15.5 Å². The van der Waals surface area contributed by atoms with E-state index in [2.05, 4.69) is 5.32 Å². The predicted molar refractivity (Wildman–Crippen MR) is 120 cm³/mol. The molecule has 194 valence electrons. The van der Waals surface area contributed by atoms with E-state index in [4.69, 9.17) is 39.5 Å². The van der Waals surface area contributed by atoms with Gasteiger partial charge in [-0.1, -0.05) is 34.8 Å². The second-order valence-corrected chi connectivity index (χ2v) is 10.1. The van der Waals surface area contributed by atoms with Gasteiger partial charge in [0.05, 0.1) is 19.6 Å². The van der Waals surface area contributed by atoms with Crippen molar-refractivity contribution in [3.63, 3.8) is 0 Å². The standard InChI is InChI=1S/C19H20Cl3F4N5O4/c20-18(21,22)15(28-10-32)30-6-5-29(9-14(30)23)11-1-3-12(4-2-11)31-8-13(35-17(31)34)7-27-16(33)19(24,25)26/h1-4,10,13-15H,5-9H2,(H,27,33)(H,28,32). The third kappa shape index (κ3) is 6.72. The van der Waals surface area contributed by atoms with Crippen molar-refractivity contribution >= 4 is 64.6 Å². The molecule has 0 spiro atoms. The number of carbonyl (C=O) groups excluding carboxylic acids is 3. The number of anilines is 2. The minimum absolute atomic E-state index is 0.0658. The van der Waals surface area contributed by atoms with E-state index < -0.39 is 47.1 Å². The molecule has 0 saturated carbocycles. The van der Waals surface area contributed by atoms with Crippen LogP contribution in [0.25, 0.3) is 0 Å². The highest BCUT2D eigenvalue weighted by Gasteiger charge is 2.43. The first-order valence-corrected chi connectivity index (χ1v) is 11.3. The third-order valence-corrected chi connectivity index (χ3v) is 6.00. The van der Waals surface area contributed by atoms with Gasteiger partial charge in [0.2, 0.25) is 10.2 Å². The van der Waals surface area contributed by atoms with Gasteiger partial charge in [-0.3, -0.25) is 14.5 Å². The number of halogens is 7. The Hall–Kier alpha value is -2.22. The Balaban J connectivity index is 1.59. The molecule has 2 N–H and O–H groups in total. The SMILES string of the molecule is O=CNC(N1CCN(c2ccc(N3CC(CNC(=O)C(F)(F)F)OC3=O)cc2)CC1F)C(Cl)(Cl)Cl. The summed E-state index contributed by atoms with van der Waals surface area (Å²) in [7, 11) is 0. The Morgan fingerprint density at radius 3 is 2.31 bits per heavy atom. The number of hydrogen-bond donors (Lipinski definition) is 2. The van der Waals surface area contributed by atoms with Crippen LogP contribution < -0.4 is 20.4 Å². The van der Waals surface area contributed by atoms with Crippen molar-refractivity contribution in [3.8, 4) is 0 Å². The van der Waals surface area contributed by atoms with E-state index in [1.54, 1.807) is 34.5 Å². The molecule has 16 heteroatoms. The predicted octanol–water partition coefficient (Wildman–Crippen LogP) is 2.55. The van der Waals surface area contributed by atoms with Crippen molar-refractivity contribution in [2.24, 2.45) is 0 Å². The smallest absolute Gasteiger partial charge is 0.442 e. The fraction of sp³-hybridized carbons (Fsp3) is 0.526. The molecule has 9 nitrogen and oxygen atoms in total. The Bertz CT molecular complexity index is 935. The van der Waals surface area contributed by atoms with Crippen LogP contribution in [0.2, 0.25) is 0 Å². The van der Waals surface area contributed by atoms with Gasteiger partial charge in [0.25, 0.3) is 0 Å². The molecule has 3 amide bonds. The largest absolute Gasteiger partial charge is 0.471 e. The molecule has 2 saturated heterocycles. The number of nitrogens with zero attached hydrogens (tertiary/aromatic N) is 3. The molecule has 0 aromatic heterocycles. The highest BCUT2D eigenvalue weighted by Crippen LogP contribution is 2.34. The number of benzene rings is 1. The van der Waals surface area contributed by atoms with E-state index in [-0.39, 0.29) is 19.6 Å². The molecule has 3 unspecified atom stereocenters. The van der Waals surface area contributed by atoms with Gasteiger partial charge in [0, 0.05) is 24.5 Å². The van der Waals surface area contributed by atoms with Gasteiger partial charge in [-0.05, 0) is 24.3 Å². The number of piperazine rings is 1. The van der Waals surface area contributed by atoms with Crippen LogP contribution in [0.5, 0.6) is 0 Å². The lowest BCUT2D eigenvalue weighted by Crippen LogP contribution is -2.62. The van der Waals surface area contributed by atoms with Gasteiger partial charge in [-0.15, -0.1) is 0 Å². The van der Waals surface area contributed by atoms with Crippen LogP contribution in [-0.2, 0) is 14.3 Å². The Kier molecular flexibility index (Phi) is 8.45. The molecule has 35 heavy (non-hydrogen) atoms. The number of rotatable bonds is 7. The van der Waals surface area contributed by atoms with E-state index in [0.717, 1.165) is 0 Å². The minimum Gasteiger partial charge on any atom is -0.442 e. The summed E-state index contributed by atoms with van der Waals surface area (Å²) >= 11 is 17.6. The van der Waals surface area contributed by atoms with Crippen LogP contribution >= 0.6 is 34.8 Å². The van der Waals surface area contributed by atoms with E-state index in [0.29, 0.717) is 24.3 Å². The fourth-order valence-corrected chi connectivity index (χ4v) is 4.28. The monoisotopic (exact) mass is 563 g/mol. The molecule has 0 bridgehead atoms. The van der Waals surface area contributed by atoms with Crippen LogP contribution in [0.4, 0.5) is 33.7 Å². The molecule has 0 radical (unpaired) electrons. The normalized spacial score (nSPS) is 22.5. The maximum Gasteiger partial charge on any atom is 0.471 e. The zero-order valence-corrected chi connectivity index (χ0v) is 20.0. The summed E-state index contributed by atoms with van der Waals surface area (Å²) in [5.41, 5.74) is 1.04. The highest BCUT2D eigenvalue weighted by molar-refractivity contribution is 6.68. The summed E-state index contributed by atoms with van der Waals surface area (Å²) in [4.78, 5) is 38.1. The van der Waals surface area contributed by atoms with Gasteiger partial charge < -0.3 is 20.3 Å². The quantitative estimate of drug-likeness (QED) is 0.229. The summed E-state index contributed by atoms with van der Waals surface area (Å²) in [5.74, 6) is -2.12. The number of ether oxygens (including phenoxy) is 1. The molecule has 1 aromatic carbocycles. The molecule has 2 aliphatic heterocycles. The zero-order chi connectivity index (χ0) is 26.0.